The van der Waals surface area contributed by atoms with Crippen LogP contribution in [0.5, 0.6) is 0 Å². The number of aromatic nitrogens is 1. The summed E-state index contributed by atoms with van der Waals surface area (Å²) in [4.78, 5) is 18.2. The molecule has 0 aliphatic rings. The van der Waals surface area contributed by atoms with Crippen molar-refractivity contribution in [2.45, 2.75) is 10.6 Å². The lowest BCUT2D eigenvalue weighted by Crippen LogP contribution is -2.11. The summed E-state index contributed by atoms with van der Waals surface area (Å²) < 4.78 is 0. The zero-order chi connectivity index (χ0) is 20.9. The van der Waals surface area contributed by atoms with Gasteiger partial charge < -0.3 is 0 Å². The van der Waals surface area contributed by atoms with E-state index in [1.807, 2.05) is 78.2 Å². The minimum atomic E-state index is -0.177. The van der Waals surface area contributed by atoms with E-state index in [1.54, 1.807) is 11.8 Å². The van der Waals surface area contributed by atoms with E-state index in [0.717, 1.165) is 32.5 Å². The molecule has 1 aromatic heterocycles. The second-order valence-corrected chi connectivity index (χ2v) is 9.22. The Hall–Kier alpha value is -2.31. The maximum atomic E-state index is 12.5. The fraction of sp³-hybridized carbons (Fsp3) is 0.0435. The van der Waals surface area contributed by atoms with Crippen LogP contribution in [0.25, 0.3) is 11.3 Å². The number of rotatable bonds is 6. The van der Waals surface area contributed by atoms with Gasteiger partial charge in [0.05, 0.1) is 5.69 Å². The maximum absolute atomic E-state index is 12.5. The molecule has 0 unspecified atom stereocenters. The third-order valence-electron chi connectivity index (χ3n) is 4.30. The second kappa shape index (κ2) is 9.67. The molecule has 0 aliphatic carbocycles. The van der Waals surface area contributed by atoms with Crippen LogP contribution < -0.4 is 5.32 Å². The number of thiazole rings is 1. The Kier molecular flexibility index (Phi) is 6.75. The van der Waals surface area contributed by atoms with Crippen LogP contribution in [-0.4, -0.2) is 10.9 Å². The molecule has 150 valence electrons. The molecule has 0 spiro atoms. The van der Waals surface area contributed by atoms with Crippen molar-refractivity contribution in [2.24, 2.45) is 0 Å². The highest BCUT2D eigenvalue weighted by Crippen LogP contribution is 2.27. The normalized spacial score (nSPS) is 10.7. The summed E-state index contributed by atoms with van der Waals surface area (Å²) in [7, 11) is 0. The summed E-state index contributed by atoms with van der Waals surface area (Å²) in [5.41, 5.74) is 3.50. The van der Waals surface area contributed by atoms with Crippen LogP contribution in [0.15, 0.2) is 83.1 Å². The molecule has 0 atom stereocenters. The van der Waals surface area contributed by atoms with Gasteiger partial charge in [-0.15, -0.1) is 23.1 Å². The topological polar surface area (TPSA) is 42.0 Å². The van der Waals surface area contributed by atoms with Crippen molar-refractivity contribution in [3.63, 3.8) is 0 Å². The highest BCUT2D eigenvalue weighted by Gasteiger charge is 2.10. The molecule has 3 nitrogen and oxygen atoms in total. The Morgan fingerprint density at radius 3 is 2.20 bits per heavy atom. The van der Waals surface area contributed by atoms with Gasteiger partial charge in [0.25, 0.3) is 5.91 Å². The van der Waals surface area contributed by atoms with Gasteiger partial charge >= 0.3 is 0 Å². The van der Waals surface area contributed by atoms with Crippen LogP contribution in [0.3, 0.4) is 0 Å². The zero-order valence-corrected chi connectivity index (χ0v) is 18.8. The van der Waals surface area contributed by atoms with E-state index in [4.69, 9.17) is 23.2 Å². The van der Waals surface area contributed by atoms with Crippen molar-refractivity contribution >= 4 is 57.3 Å². The Morgan fingerprint density at radius 1 is 0.900 bits per heavy atom. The first-order valence-electron chi connectivity index (χ1n) is 9.07. The molecule has 30 heavy (non-hydrogen) atoms. The third-order valence-corrected chi connectivity index (χ3v) is 6.64. The van der Waals surface area contributed by atoms with Gasteiger partial charge in [0.15, 0.2) is 5.13 Å². The van der Waals surface area contributed by atoms with Crippen molar-refractivity contribution in [1.82, 2.24) is 4.98 Å². The standard InChI is InChI=1S/C23H16Cl2N2OS2/c24-18-7-5-16(6-8-18)21-14-30-23(26-21)27-22(28)17-3-1-15(2-4-17)13-29-20-11-9-19(25)10-12-20/h1-12,14H,13H2,(H,26,27,28). The SMILES string of the molecule is O=C(Nc1nc(-c2ccc(Cl)cc2)cs1)c1ccc(CSc2ccc(Cl)cc2)cc1. The molecule has 0 fully saturated rings. The van der Waals surface area contributed by atoms with E-state index in [9.17, 15) is 4.79 Å². The quantitative estimate of drug-likeness (QED) is 0.294. The molecule has 0 bridgehead atoms. The van der Waals surface area contributed by atoms with E-state index in [0.29, 0.717) is 15.7 Å². The van der Waals surface area contributed by atoms with Crippen LogP contribution in [0, 0.1) is 0 Å². The van der Waals surface area contributed by atoms with Crippen LogP contribution in [0.2, 0.25) is 10.0 Å². The zero-order valence-electron chi connectivity index (χ0n) is 15.6. The number of halogens is 2. The van der Waals surface area contributed by atoms with E-state index < -0.39 is 0 Å². The summed E-state index contributed by atoms with van der Waals surface area (Å²) in [6, 6.07) is 22.8. The summed E-state index contributed by atoms with van der Waals surface area (Å²) in [5.74, 6) is 0.643. The van der Waals surface area contributed by atoms with Crippen molar-refractivity contribution in [1.29, 1.82) is 0 Å². The van der Waals surface area contributed by atoms with Gasteiger partial charge in [0, 0.05) is 37.2 Å². The average molecular weight is 471 g/mol. The molecule has 3 aromatic carbocycles. The smallest absolute Gasteiger partial charge is 0.257 e. The maximum Gasteiger partial charge on any atom is 0.257 e. The predicted octanol–water partition coefficient (Wildman–Crippen LogP) is 7.66. The molecule has 0 aliphatic heterocycles. The van der Waals surface area contributed by atoms with Crippen LogP contribution in [0.1, 0.15) is 15.9 Å². The molecular weight excluding hydrogens is 455 g/mol. The molecule has 1 N–H and O–H groups in total. The Bertz CT molecular complexity index is 1140. The highest BCUT2D eigenvalue weighted by molar-refractivity contribution is 7.98. The average Bonchev–Trinajstić information content (AvgIpc) is 3.22. The highest BCUT2D eigenvalue weighted by atomic mass is 35.5. The van der Waals surface area contributed by atoms with Crippen molar-refractivity contribution in [3.05, 3.63) is 99.3 Å². The summed E-state index contributed by atoms with van der Waals surface area (Å²) >= 11 is 15.0. The monoisotopic (exact) mass is 470 g/mol. The second-order valence-electron chi connectivity index (χ2n) is 6.44. The van der Waals surface area contributed by atoms with Gasteiger partial charge in [0.2, 0.25) is 0 Å². The van der Waals surface area contributed by atoms with Gasteiger partial charge in [-0.25, -0.2) is 4.98 Å². The molecule has 1 amide bonds. The number of nitrogens with one attached hydrogen (secondary N) is 1. The predicted molar refractivity (Wildman–Crippen MR) is 128 cm³/mol. The lowest BCUT2D eigenvalue weighted by atomic mass is 10.1. The molecule has 0 radical (unpaired) electrons. The number of hydrogen-bond acceptors (Lipinski definition) is 4. The number of carbonyl (C=O) groups is 1. The lowest BCUT2D eigenvalue weighted by molar-refractivity contribution is 0.102. The largest absolute Gasteiger partial charge is 0.298 e. The fourth-order valence-electron chi connectivity index (χ4n) is 2.70. The number of benzene rings is 3. The van der Waals surface area contributed by atoms with Crippen LogP contribution >= 0.6 is 46.3 Å². The Morgan fingerprint density at radius 2 is 1.53 bits per heavy atom. The Balaban J connectivity index is 1.35. The Labute approximate surface area is 193 Å². The lowest BCUT2D eigenvalue weighted by Gasteiger charge is -2.05. The first-order chi connectivity index (χ1) is 14.6. The van der Waals surface area contributed by atoms with Gasteiger partial charge in [-0.1, -0.05) is 47.5 Å². The van der Waals surface area contributed by atoms with Crippen LogP contribution in [0.4, 0.5) is 5.13 Å². The molecule has 0 saturated carbocycles. The van der Waals surface area contributed by atoms with Crippen molar-refractivity contribution in [3.8, 4) is 11.3 Å². The minimum Gasteiger partial charge on any atom is -0.298 e. The first-order valence-corrected chi connectivity index (χ1v) is 11.7. The molecule has 4 rings (SSSR count). The first kappa shape index (κ1) is 20.9. The number of amides is 1. The van der Waals surface area contributed by atoms with Gasteiger partial charge in [-0.05, 0) is 54.1 Å². The van der Waals surface area contributed by atoms with E-state index >= 15 is 0 Å². The number of hydrogen-bond donors (Lipinski definition) is 1. The van der Waals surface area contributed by atoms with Crippen molar-refractivity contribution < 1.29 is 4.79 Å². The van der Waals surface area contributed by atoms with Gasteiger partial charge in [-0.3, -0.25) is 10.1 Å². The van der Waals surface area contributed by atoms with E-state index in [-0.39, 0.29) is 5.91 Å². The van der Waals surface area contributed by atoms with E-state index in [2.05, 4.69) is 10.3 Å². The van der Waals surface area contributed by atoms with Crippen LogP contribution in [-0.2, 0) is 5.75 Å². The molecule has 7 heteroatoms. The van der Waals surface area contributed by atoms with Crippen molar-refractivity contribution in [2.75, 3.05) is 5.32 Å². The van der Waals surface area contributed by atoms with Gasteiger partial charge in [-0.2, -0.15) is 0 Å². The molecule has 4 aromatic rings. The fourth-order valence-corrected chi connectivity index (χ4v) is 4.52. The summed E-state index contributed by atoms with van der Waals surface area (Å²) in [5, 5.41) is 6.75. The minimum absolute atomic E-state index is 0.177. The molecule has 0 saturated heterocycles. The third kappa shape index (κ3) is 5.43. The summed E-state index contributed by atoms with van der Waals surface area (Å²) in [6.07, 6.45) is 0. The van der Waals surface area contributed by atoms with Gasteiger partial charge in [0.1, 0.15) is 0 Å². The summed E-state index contributed by atoms with van der Waals surface area (Å²) in [6.45, 7) is 0. The molecule has 1 heterocycles. The molecular formula is C23H16Cl2N2OS2. The van der Waals surface area contributed by atoms with E-state index in [1.165, 1.54) is 11.3 Å². The number of thioether (sulfide) groups is 1. The number of nitrogens with zero attached hydrogens (tertiary/aromatic N) is 1. The number of carbonyl (C=O) groups excluding carboxylic acids is 1. The number of anilines is 1.